The van der Waals surface area contributed by atoms with Crippen LogP contribution in [0.4, 0.5) is 23.7 Å². The van der Waals surface area contributed by atoms with Crippen molar-refractivity contribution in [2.75, 3.05) is 5.32 Å². The maximum Gasteiger partial charge on any atom is 0.416 e. The van der Waals surface area contributed by atoms with Crippen molar-refractivity contribution in [1.82, 2.24) is 5.48 Å². The summed E-state index contributed by atoms with van der Waals surface area (Å²) in [5.74, 6) is -0.408. The van der Waals surface area contributed by atoms with Crippen LogP contribution in [-0.4, -0.2) is 23.3 Å². The summed E-state index contributed by atoms with van der Waals surface area (Å²) in [5.41, 5.74) is 2.17. The fraction of sp³-hybridized carbons (Fsp3) is 0.263. The molecule has 3 N–H and O–H groups in total. The SMILES string of the molecule is O=C(Nc1cccc2c1OC(C(=O)NO)CC2)OCc1ccc(C(F)(F)F)cc1. The molecule has 0 bridgehead atoms. The number of hydrogen-bond donors (Lipinski definition) is 3. The molecule has 7 nitrogen and oxygen atoms in total. The number of halogens is 3. The van der Waals surface area contributed by atoms with E-state index in [1.165, 1.54) is 17.6 Å². The minimum Gasteiger partial charge on any atom is -0.478 e. The number of amides is 2. The zero-order valence-electron chi connectivity index (χ0n) is 15.0. The first kappa shape index (κ1) is 20.5. The van der Waals surface area contributed by atoms with Crippen molar-refractivity contribution in [2.24, 2.45) is 0 Å². The predicted octanol–water partition coefficient (Wildman–Crippen LogP) is 3.65. The van der Waals surface area contributed by atoms with Crippen LogP contribution < -0.4 is 15.5 Å². The molecule has 2 aromatic rings. The summed E-state index contributed by atoms with van der Waals surface area (Å²) < 4.78 is 48.3. The number of hydrogen-bond acceptors (Lipinski definition) is 5. The molecule has 154 valence electrons. The third kappa shape index (κ3) is 4.96. The van der Waals surface area contributed by atoms with Gasteiger partial charge in [-0.3, -0.25) is 15.3 Å². The maximum absolute atomic E-state index is 12.6. The van der Waals surface area contributed by atoms with Gasteiger partial charge in [-0.2, -0.15) is 13.2 Å². The number of anilines is 1. The summed E-state index contributed by atoms with van der Waals surface area (Å²) in [4.78, 5) is 23.7. The number of nitrogens with one attached hydrogen (secondary N) is 2. The van der Waals surface area contributed by atoms with Gasteiger partial charge in [-0.15, -0.1) is 0 Å². The largest absolute Gasteiger partial charge is 0.478 e. The van der Waals surface area contributed by atoms with E-state index in [1.54, 1.807) is 18.2 Å². The van der Waals surface area contributed by atoms with Crippen LogP contribution in [0.25, 0.3) is 0 Å². The van der Waals surface area contributed by atoms with E-state index in [0.29, 0.717) is 24.2 Å². The van der Waals surface area contributed by atoms with Crippen molar-refractivity contribution in [3.05, 3.63) is 59.2 Å². The number of fused-ring (bicyclic) bond motifs is 1. The highest BCUT2D eigenvalue weighted by Gasteiger charge is 2.30. The highest BCUT2D eigenvalue weighted by molar-refractivity contribution is 5.88. The lowest BCUT2D eigenvalue weighted by Gasteiger charge is -2.26. The first-order valence-electron chi connectivity index (χ1n) is 8.60. The summed E-state index contributed by atoms with van der Waals surface area (Å²) >= 11 is 0. The Balaban J connectivity index is 1.62. The third-order valence-electron chi connectivity index (χ3n) is 4.32. The fourth-order valence-electron chi connectivity index (χ4n) is 2.85. The molecule has 2 aromatic carbocycles. The van der Waals surface area contributed by atoms with E-state index in [0.717, 1.165) is 17.7 Å². The number of aryl methyl sites for hydroxylation is 1. The van der Waals surface area contributed by atoms with Crippen LogP contribution in [0.15, 0.2) is 42.5 Å². The Hall–Kier alpha value is -3.27. The van der Waals surface area contributed by atoms with Crippen LogP contribution in [0.2, 0.25) is 0 Å². The quantitative estimate of drug-likeness (QED) is 0.528. The molecule has 2 amide bonds. The lowest BCUT2D eigenvalue weighted by atomic mass is 10.0. The molecule has 29 heavy (non-hydrogen) atoms. The average molecular weight is 410 g/mol. The first-order valence-corrected chi connectivity index (χ1v) is 8.60. The monoisotopic (exact) mass is 410 g/mol. The molecule has 1 aliphatic heterocycles. The first-order chi connectivity index (χ1) is 13.8. The van der Waals surface area contributed by atoms with E-state index < -0.39 is 29.8 Å². The van der Waals surface area contributed by atoms with Gasteiger partial charge in [0.25, 0.3) is 5.91 Å². The van der Waals surface area contributed by atoms with Crippen molar-refractivity contribution in [1.29, 1.82) is 0 Å². The van der Waals surface area contributed by atoms with Gasteiger partial charge in [-0.25, -0.2) is 10.3 Å². The zero-order valence-corrected chi connectivity index (χ0v) is 15.0. The number of alkyl halides is 3. The Bertz CT molecular complexity index is 900. The Morgan fingerprint density at radius 1 is 1.17 bits per heavy atom. The molecule has 0 radical (unpaired) electrons. The molecular formula is C19H17F3N2O5. The molecule has 1 heterocycles. The third-order valence-corrected chi connectivity index (χ3v) is 4.32. The van der Waals surface area contributed by atoms with Crippen LogP contribution in [0.3, 0.4) is 0 Å². The zero-order chi connectivity index (χ0) is 21.0. The van der Waals surface area contributed by atoms with Crippen molar-refractivity contribution in [3.8, 4) is 5.75 Å². The normalized spacial score (nSPS) is 15.7. The lowest BCUT2D eigenvalue weighted by Crippen LogP contribution is -2.39. The topological polar surface area (TPSA) is 96.9 Å². The van der Waals surface area contributed by atoms with Gasteiger partial charge in [-0.1, -0.05) is 24.3 Å². The van der Waals surface area contributed by atoms with E-state index in [2.05, 4.69) is 5.32 Å². The Morgan fingerprint density at radius 2 is 1.90 bits per heavy atom. The number of carbonyl (C=O) groups is 2. The number of rotatable bonds is 4. The van der Waals surface area contributed by atoms with E-state index in [4.69, 9.17) is 14.7 Å². The fourth-order valence-corrected chi connectivity index (χ4v) is 2.85. The van der Waals surface area contributed by atoms with Crippen molar-refractivity contribution >= 4 is 17.7 Å². The second-order valence-electron chi connectivity index (χ2n) is 6.31. The van der Waals surface area contributed by atoms with Gasteiger partial charge in [0.2, 0.25) is 0 Å². The van der Waals surface area contributed by atoms with Crippen molar-refractivity contribution < 1.29 is 37.4 Å². The van der Waals surface area contributed by atoms with E-state index in [1.807, 2.05) is 0 Å². The minimum absolute atomic E-state index is 0.227. The highest BCUT2D eigenvalue weighted by Crippen LogP contribution is 2.35. The summed E-state index contributed by atoms with van der Waals surface area (Å²) in [6.45, 7) is -0.227. The van der Waals surface area contributed by atoms with E-state index >= 15 is 0 Å². The molecule has 1 atom stereocenters. The summed E-state index contributed by atoms with van der Waals surface area (Å²) in [5, 5.41) is 11.3. The highest BCUT2D eigenvalue weighted by atomic mass is 19.4. The van der Waals surface area contributed by atoms with Crippen molar-refractivity contribution in [2.45, 2.75) is 31.7 Å². The molecule has 0 fully saturated rings. The molecule has 0 spiro atoms. The Labute approximate surface area is 163 Å². The van der Waals surface area contributed by atoms with Crippen LogP contribution in [0, 0.1) is 0 Å². The minimum atomic E-state index is -4.44. The van der Waals surface area contributed by atoms with Gasteiger partial charge in [-0.05, 0) is 42.2 Å². The number of hydroxylamine groups is 1. The van der Waals surface area contributed by atoms with E-state index in [9.17, 15) is 22.8 Å². The smallest absolute Gasteiger partial charge is 0.416 e. The van der Waals surface area contributed by atoms with Gasteiger partial charge in [0, 0.05) is 0 Å². The number of benzene rings is 2. The molecule has 3 rings (SSSR count). The van der Waals surface area contributed by atoms with Crippen LogP contribution >= 0.6 is 0 Å². The summed E-state index contributed by atoms with van der Waals surface area (Å²) in [7, 11) is 0. The summed E-state index contributed by atoms with van der Waals surface area (Å²) in [6.07, 6.45) is -5.31. The van der Waals surface area contributed by atoms with Gasteiger partial charge in [0.15, 0.2) is 6.10 Å². The number of ether oxygens (including phenoxy) is 2. The van der Waals surface area contributed by atoms with Crippen LogP contribution in [-0.2, 0) is 28.7 Å². The predicted molar refractivity (Wildman–Crippen MR) is 94.4 cm³/mol. The molecule has 0 aromatic heterocycles. The second kappa shape index (κ2) is 8.39. The maximum atomic E-state index is 12.6. The van der Waals surface area contributed by atoms with Gasteiger partial charge in [0.1, 0.15) is 12.4 Å². The van der Waals surface area contributed by atoms with Crippen molar-refractivity contribution in [3.63, 3.8) is 0 Å². The van der Waals surface area contributed by atoms with E-state index in [-0.39, 0.29) is 12.3 Å². The molecule has 0 aliphatic carbocycles. The lowest BCUT2D eigenvalue weighted by molar-refractivity contribution is -0.138. The number of carbonyl (C=O) groups excluding carboxylic acids is 2. The van der Waals surface area contributed by atoms with Crippen LogP contribution in [0.5, 0.6) is 5.75 Å². The molecule has 0 saturated carbocycles. The number of para-hydroxylation sites is 1. The standard InChI is InChI=1S/C19H17F3N2O5/c20-19(21,22)13-7-4-11(5-8-13)10-28-18(26)23-14-3-1-2-12-6-9-15(17(25)24-27)29-16(12)14/h1-5,7-8,15,27H,6,9-10H2,(H,23,26)(H,24,25). The molecular weight excluding hydrogens is 393 g/mol. The van der Waals surface area contributed by atoms with Gasteiger partial charge < -0.3 is 9.47 Å². The molecule has 1 aliphatic rings. The van der Waals surface area contributed by atoms with Gasteiger partial charge >= 0.3 is 12.3 Å². The van der Waals surface area contributed by atoms with Gasteiger partial charge in [0.05, 0.1) is 11.3 Å². The Morgan fingerprint density at radius 3 is 2.55 bits per heavy atom. The molecule has 1 unspecified atom stereocenters. The second-order valence-corrected chi connectivity index (χ2v) is 6.31. The van der Waals surface area contributed by atoms with Crippen LogP contribution in [0.1, 0.15) is 23.1 Å². The molecule has 10 heteroatoms. The summed E-state index contributed by atoms with van der Waals surface area (Å²) in [6, 6.07) is 9.29. The Kier molecular flexibility index (Phi) is 5.92. The average Bonchev–Trinajstić information content (AvgIpc) is 2.71. The molecule has 0 saturated heterocycles.